The molecular weight excluding hydrogens is 334 g/mol. The second kappa shape index (κ2) is 7.65. The predicted molar refractivity (Wildman–Crippen MR) is 99.0 cm³/mol. The lowest BCUT2D eigenvalue weighted by atomic mass is 10.1. The number of aromatic amines is 1. The minimum Gasteiger partial charge on any atom is -0.348 e. The molecule has 0 aliphatic rings. The van der Waals surface area contributed by atoms with E-state index in [0.29, 0.717) is 18.2 Å². The van der Waals surface area contributed by atoms with Gasteiger partial charge in [-0.15, -0.1) is 0 Å². The van der Waals surface area contributed by atoms with Crippen LogP contribution in [0.3, 0.4) is 0 Å². The van der Waals surface area contributed by atoms with Crippen molar-refractivity contribution in [3.05, 3.63) is 58.1 Å². The highest BCUT2D eigenvalue weighted by Gasteiger charge is 2.15. The zero-order valence-corrected chi connectivity index (χ0v) is 15.5. The van der Waals surface area contributed by atoms with Gasteiger partial charge in [0.25, 0.3) is 5.91 Å². The number of hydrogen-bond acceptors (Lipinski definition) is 4. The van der Waals surface area contributed by atoms with Crippen molar-refractivity contribution in [3.63, 3.8) is 0 Å². The van der Waals surface area contributed by atoms with Gasteiger partial charge in [-0.3, -0.25) is 9.89 Å². The Morgan fingerprint density at radius 1 is 1.40 bits per heavy atom. The van der Waals surface area contributed by atoms with Crippen molar-refractivity contribution in [2.45, 2.75) is 45.7 Å². The SMILES string of the molecule is CC(C)c1nccn1Cc1cc(C(=O)N[C@H](C)Cc2ccsc2)n[nH]1. The maximum absolute atomic E-state index is 12.4. The Balaban J connectivity index is 1.60. The number of rotatable bonds is 7. The van der Waals surface area contributed by atoms with Crippen LogP contribution in [0.4, 0.5) is 0 Å². The molecule has 2 N–H and O–H groups in total. The van der Waals surface area contributed by atoms with Crippen molar-refractivity contribution in [2.75, 3.05) is 0 Å². The van der Waals surface area contributed by atoms with Crippen LogP contribution in [0, 0.1) is 0 Å². The van der Waals surface area contributed by atoms with E-state index in [4.69, 9.17) is 0 Å². The molecule has 0 saturated heterocycles. The number of H-pyrrole nitrogens is 1. The normalized spacial score (nSPS) is 12.5. The van der Waals surface area contributed by atoms with E-state index in [1.54, 1.807) is 23.6 Å². The zero-order valence-electron chi connectivity index (χ0n) is 14.7. The van der Waals surface area contributed by atoms with E-state index in [1.165, 1.54) is 5.56 Å². The Kier molecular flexibility index (Phi) is 5.33. The molecule has 0 unspecified atom stereocenters. The third-order valence-corrected chi connectivity index (χ3v) is 4.70. The summed E-state index contributed by atoms with van der Waals surface area (Å²) in [6.45, 7) is 6.85. The molecule has 0 bridgehead atoms. The molecule has 0 aliphatic heterocycles. The van der Waals surface area contributed by atoms with Crippen molar-refractivity contribution in [3.8, 4) is 0 Å². The van der Waals surface area contributed by atoms with Gasteiger partial charge in [0.05, 0.1) is 12.2 Å². The van der Waals surface area contributed by atoms with E-state index < -0.39 is 0 Å². The predicted octanol–water partition coefficient (Wildman–Crippen LogP) is 3.20. The largest absolute Gasteiger partial charge is 0.348 e. The fourth-order valence-corrected chi connectivity index (χ4v) is 3.49. The van der Waals surface area contributed by atoms with Gasteiger partial charge in [-0.1, -0.05) is 13.8 Å². The van der Waals surface area contributed by atoms with E-state index in [1.807, 2.05) is 18.5 Å². The smallest absolute Gasteiger partial charge is 0.271 e. The molecule has 0 radical (unpaired) electrons. The lowest BCUT2D eigenvalue weighted by Gasteiger charge is -2.11. The maximum Gasteiger partial charge on any atom is 0.271 e. The third kappa shape index (κ3) is 4.36. The zero-order chi connectivity index (χ0) is 17.8. The van der Waals surface area contributed by atoms with Crippen molar-refractivity contribution in [1.29, 1.82) is 0 Å². The van der Waals surface area contributed by atoms with Gasteiger partial charge in [0.15, 0.2) is 0 Å². The lowest BCUT2D eigenvalue weighted by Crippen LogP contribution is -2.34. The van der Waals surface area contributed by atoms with E-state index in [-0.39, 0.29) is 11.9 Å². The summed E-state index contributed by atoms with van der Waals surface area (Å²) in [6.07, 6.45) is 4.56. The van der Waals surface area contributed by atoms with Gasteiger partial charge < -0.3 is 9.88 Å². The first kappa shape index (κ1) is 17.4. The molecule has 0 aromatic carbocycles. The van der Waals surface area contributed by atoms with Crippen LogP contribution in [0.25, 0.3) is 0 Å². The fourth-order valence-electron chi connectivity index (χ4n) is 2.81. The highest BCUT2D eigenvalue weighted by molar-refractivity contribution is 7.07. The Labute approximate surface area is 151 Å². The Bertz CT molecular complexity index is 818. The molecule has 3 rings (SSSR count). The number of carbonyl (C=O) groups excluding carboxylic acids is 1. The van der Waals surface area contributed by atoms with Gasteiger partial charge in [-0.25, -0.2) is 4.98 Å². The first-order valence-corrected chi connectivity index (χ1v) is 9.34. The summed E-state index contributed by atoms with van der Waals surface area (Å²) in [6, 6.07) is 3.94. The molecule has 7 heteroatoms. The molecule has 3 heterocycles. The van der Waals surface area contributed by atoms with E-state index in [9.17, 15) is 4.79 Å². The standard InChI is InChI=1S/C18H23N5OS/c1-12(2)17-19-5-6-23(17)10-15-9-16(22-21-15)18(24)20-13(3)8-14-4-7-25-11-14/h4-7,9,11-13H,8,10H2,1-3H3,(H,20,24)(H,21,22)/t13-/m1/s1. The summed E-state index contributed by atoms with van der Waals surface area (Å²) in [7, 11) is 0. The van der Waals surface area contributed by atoms with Crippen LogP contribution in [-0.2, 0) is 13.0 Å². The molecule has 25 heavy (non-hydrogen) atoms. The fraction of sp³-hybridized carbons (Fsp3) is 0.389. The molecule has 1 amide bonds. The number of aromatic nitrogens is 4. The summed E-state index contributed by atoms with van der Waals surface area (Å²) in [4.78, 5) is 16.7. The van der Waals surface area contributed by atoms with Gasteiger partial charge in [-0.2, -0.15) is 16.4 Å². The summed E-state index contributed by atoms with van der Waals surface area (Å²) < 4.78 is 2.07. The van der Waals surface area contributed by atoms with Gasteiger partial charge in [0, 0.05) is 24.4 Å². The van der Waals surface area contributed by atoms with Crippen LogP contribution in [0.2, 0.25) is 0 Å². The van der Waals surface area contributed by atoms with Crippen LogP contribution >= 0.6 is 11.3 Å². The topological polar surface area (TPSA) is 75.6 Å². The van der Waals surface area contributed by atoms with E-state index in [0.717, 1.165) is 17.9 Å². The van der Waals surface area contributed by atoms with Crippen LogP contribution in [-0.4, -0.2) is 31.7 Å². The van der Waals surface area contributed by atoms with E-state index >= 15 is 0 Å². The van der Waals surface area contributed by atoms with Crippen LogP contribution in [0.15, 0.2) is 35.3 Å². The quantitative estimate of drug-likeness (QED) is 0.682. The summed E-state index contributed by atoms with van der Waals surface area (Å²) >= 11 is 1.67. The number of nitrogens with zero attached hydrogens (tertiary/aromatic N) is 3. The molecular formula is C18H23N5OS. The number of thiophene rings is 1. The second-order valence-electron chi connectivity index (χ2n) is 6.56. The van der Waals surface area contributed by atoms with Crippen LogP contribution < -0.4 is 5.32 Å². The van der Waals surface area contributed by atoms with Crippen molar-refractivity contribution < 1.29 is 4.79 Å². The van der Waals surface area contributed by atoms with Gasteiger partial charge >= 0.3 is 0 Å². The Morgan fingerprint density at radius 2 is 2.24 bits per heavy atom. The monoisotopic (exact) mass is 357 g/mol. The highest BCUT2D eigenvalue weighted by atomic mass is 32.1. The molecule has 0 aliphatic carbocycles. The molecule has 132 valence electrons. The molecule has 3 aromatic rings. The average molecular weight is 357 g/mol. The maximum atomic E-state index is 12.4. The highest BCUT2D eigenvalue weighted by Crippen LogP contribution is 2.14. The Hall–Kier alpha value is -2.41. The lowest BCUT2D eigenvalue weighted by molar-refractivity contribution is 0.0935. The summed E-state index contributed by atoms with van der Waals surface area (Å²) in [5.74, 6) is 1.21. The molecule has 1 atom stereocenters. The van der Waals surface area contributed by atoms with Crippen molar-refractivity contribution in [2.24, 2.45) is 0 Å². The average Bonchev–Trinajstić information content (AvgIpc) is 3.28. The molecule has 0 fully saturated rings. The number of nitrogens with one attached hydrogen (secondary N) is 2. The third-order valence-electron chi connectivity index (χ3n) is 3.97. The first-order chi connectivity index (χ1) is 12.0. The Morgan fingerprint density at radius 3 is 2.96 bits per heavy atom. The second-order valence-corrected chi connectivity index (χ2v) is 7.34. The van der Waals surface area contributed by atoms with Gasteiger partial charge in [0.2, 0.25) is 0 Å². The number of carbonyl (C=O) groups is 1. The number of hydrogen-bond donors (Lipinski definition) is 2. The van der Waals surface area contributed by atoms with Crippen molar-refractivity contribution >= 4 is 17.2 Å². The van der Waals surface area contributed by atoms with Crippen LogP contribution in [0.1, 0.15) is 54.3 Å². The van der Waals surface area contributed by atoms with Crippen molar-refractivity contribution in [1.82, 2.24) is 25.1 Å². The number of amides is 1. The summed E-state index contributed by atoms with van der Waals surface area (Å²) in [5.41, 5.74) is 2.54. The molecule has 6 nitrogen and oxygen atoms in total. The van der Waals surface area contributed by atoms with Gasteiger partial charge in [-0.05, 0) is 41.8 Å². The summed E-state index contributed by atoms with van der Waals surface area (Å²) in [5, 5.41) is 14.3. The minimum atomic E-state index is -0.153. The van der Waals surface area contributed by atoms with Crippen LogP contribution in [0.5, 0.6) is 0 Å². The number of imidazole rings is 1. The molecule has 0 spiro atoms. The van der Waals surface area contributed by atoms with E-state index in [2.05, 4.69) is 50.4 Å². The molecule has 0 saturated carbocycles. The minimum absolute atomic E-state index is 0.0587. The van der Waals surface area contributed by atoms with Gasteiger partial charge in [0.1, 0.15) is 11.5 Å². The first-order valence-electron chi connectivity index (χ1n) is 8.40. The molecule has 3 aromatic heterocycles.